The molecule has 0 fully saturated rings. The summed E-state index contributed by atoms with van der Waals surface area (Å²) in [5.74, 6) is -0.677. The number of anilines is 1. The molecule has 4 rings (SSSR count). The van der Waals surface area contributed by atoms with Gasteiger partial charge in [0.25, 0.3) is 5.91 Å². The van der Waals surface area contributed by atoms with E-state index in [-0.39, 0.29) is 22.9 Å². The third kappa shape index (κ3) is 5.75. The van der Waals surface area contributed by atoms with Crippen LogP contribution in [0.3, 0.4) is 0 Å². The number of allylic oxidation sites excluding steroid dienone is 4. The molecular formula is C25H19F3N8O. The van der Waals surface area contributed by atoms with Crippen LogP contribution in [0.1, 0.15) is 21.7 Å². The average molecular weight is 504 g/mol. The molecule has 0 saturated carbocycles. The molecule has 0 saturated heterocycles. The standard InChI is InChI=1S/C25H19F3N8O/c1-2-3-5-17(14-29)19-12-16(9-11-31-19)24(37)32-22-7-8-23(34-33-22)36-21(25(26,27)28)13-20(35-36)18-6-4-10-30-15-18/h2-15H,1,29H2,(H,32,33,37)/b5-3-,17-14+. The Morgan fingerprint density at radius 3 is 2.59 bits per heavy atom. The maximum atomic E-state index is 13.7. The van der Waals surface area contributed by atoms with Gasteiger partial charge in [0.1, 0.15) is 0 Å². The van der Waals surface area contributed by atoms with Crippen molar-refractivity contribution in [3.05, 3.63) is 109 Å². The molecule has 3 N–H and O–H groups in total. The lowest BCUT2D eigenvalue weighted by Crippen LogP contribution is -2.16. The summed E-state index contributed by atoms with van der Waals surface area (Å²) in [6, 6.07) is 9.71. The van der Waals surface area contributed by atoms with E-state index in [0.717, 1.165) is 6.07 Å². The molecule has 0 atom stereocenters. The number of alkyl halides is 3. The second kappa shape index (κ2) is 10.6. The highest BCUT2D eigenvalue weighted by Gasteiger charge is 2.37. The number of carbonyl (C=O) groups excluding carboxylic acids is 1. The number of nitrogens with one attached hydrogen (secondary N) is 1. The number of nitrogens with zero attached hydrogens (tertiary/aromatic N) is 6. The molecular weight excluding hydrogens is 485 g/mol. The van der Waals surface area contributed by atoms with Crippen molar-refractivity contribution in [1.82, 2.24) is 29.9 Å². The lowest BCUT2D eigenvalue weighted by molar-refractivity contribution is -0.142. The first-order valence-corrected chi connectivity index (χ1v) is 10.7. The van der Waals surface area contributed by atoms with Gasteiger partial charge in [-0.15, -0.1) is 10.2 Å². The van der Waals surface area contributed by atoms with Crippen LogP contribution in [-0.4, -0.2) is 35.9 Å². The number of aromatic nitrogens is 6. The van der Waals surface area contributed by atoms with Crippen LogP contribution >= 0.6 is 0 Å². The van der Waals surface area contributed by atoms with Crippen molar-refractivity contribution in [1.29, 1.82) is 0 Å². The Hall–Kier alpha value is -5.13. The second-order valence-electron chi connectivity index (χ2n) is 7.44. The van der Waals surface area contributed by atoms with E-state index in [9.17, 15) is 18.0 Å². The number of halogens is 3. The molecule has 4 aromatic heterocycles. The van der Waals surface area contributed by atoms with Gasteiger partial charge in [-0.05, 0) is 42.5 Å². The molecule has 0 unspecified atom stereocenters. The predicted molar refractivity (Wildman–Crippen MR) is 131 cm³/mol. The summed E-state index contributed by atoms with van der Waals surface area (Å²) in [7, 11) is 0. The quantitative estimate of drug-likeness (QED) is 0.357. The third-order valence-electron chi connectivity index (χ3n) is 4.98. The summed E-state index contributed by atoms with van der Waals surface area (Å²) < 4.78 is 41.7. The molecule has 186 valence electrons. The minimum atomic E-state index is -4.70. The fourth-order valence-corrected chi connectivity index (χ4v) is 3.23. The molecule has 0 spiro atoms. The van der Waals surface area contributed by atoms with E-state index in [1.807, 2.05) is 0 Å². The Balaban J connectivity index is 1.57. The lowest BCUT2D eigenvalue weighted by atomic mass is 10.1. The van der Waals surface area contributed by atoms with Crippen LogP contribution < -0.4 is 11.1 Å². The van der Waals surface area contributed by atoms with Gasteiger partial charge in [0.15, 0.2) is 17.3 Å². The number of rotatable bonds is 7. The predicted octanol–water partition coefficient (Wildman–Crippen LogP) is 4.43. The SMILES string of the molecule is C=C/C=C\C(=C/N)c1cc(C(=O)Nc2ccc(-n3nc(-c4cccnc4)cc3C(F)(F)F)nn2)ccn1. The highest BCUT2D eigenvalue weighted by molar-refractivity contribution is 6.04. The zero-order chi connectivity index (χ0) is 26.4. The molecule has 4 heterocycles. The summed E-state index contributed by atoms with van der Waals surface area (Å²) in [6.07, 6.45) is 5.94. The monoisotopic (exact) mass is 504 g/mol. The Morgan fingerprint density at radius 2 is 1.95 bits per heavy atom. The van der Waals surface area contributed by atoms with Gasteiger partial charge in [0.05, 0.1) is 11.4 Å². The fraction of sp³-hybridized carbons (Fsp3) is 0.0400. The van der Waals surface area contributed by atoms with E-state index in [0.29, 0.717) is 21.5 Å². The first-order valence-electron chi connectivity index (χ1n) is 10.7. The summed E-state index contributed by atoms with van der Waals surface area (Å²) in [5, 5.41) is 14.3. The number of amides is 1. The first-order chi connectivity index (χ1) is 17.8. The van der Waals surface area contributed by atoms with Gasteiger partial charge in [-0.1, -0.05) is 24.8 Å². The van der Waals surface area contributed by atoms with E-state index >= 15 is 0 Å². The van der Waals surface area contributed by atoms with Crippen molar-refractivity contribution < 1.29 is 18.0 Å². The van der Waals surface area contributed by atoms with Gasteiger partial charge in [-0.3, -0.25) is 14.8 Å². The topological polar surface area (TPSA) is 124 Å². The second-order valence-corrected chi connectivity index (χ2v) is 7.44. The van der Waals surface area contributed by atoms with Gasteiger partial charge < -0.3 is 11.1 Å². The minimum absolute atomic E-state index is 0.0291. The summed E-state index contributed by atoms with van der Waals surface area (Å²) in [4.78, 5) is 20.8. The first kappa shape index (κ1) is 25.0. The molecule has 12 heteroatoms. The minimum Gasteiger partial charge on any atom is -0.404 e. The van der Waals surface area contributed by atoms with Gasteiger partial charge in [-0.25, -0.2) is 4.68 Å². The molecule has 4 aromatic rings. The number of hydrogen-bond acceptors (Lipinski definition) is 7. The normalized spacial score (nSPS) is 12.0. The van der Waals surface area contributed by atoms with E-state index in [1.54, 1.807) is 30.4 Å². The molecule has 0 aliphatic carbocycles. The van der Waals surface area contributed by atoms with Crippen molar-refractivity contribution in [3.8, 4) is 17.1 Å². The molecule has 1 amide bonds. The Kier molecular flexibility index (Phi) is 7.19. The summed E-state index contributed by atoms with van der Waals surface area (Å²) in [6.45, 7) is 3.59. The Morgan fingerprint density at radius 1 is 1.11 bits per heavy atom. The van der Waals surface area contributed by atoms with E-state index in [2.05, 4.69) is 37.2 Å². The van der Waals surface area contributed by atoms with Crippen molar-refractivity contribution in [2.75, 3.05) is 5.32 Å². The van der Waals surface area contributed by atoms with E-state index in [4.69, 9.17) is 5.73 Å². The number of hydrogen-bond donors (Lipinski definition) is 2. The number of pyridine rings is 2. The maximum Gasteiger partial charge on any atom is 0.433 e. The van der Waals surface area contributed by atoms with Crippen LogP contribution in [-0.2, 0) is 6.18 Å². The smallest absolute Gasteiger partial charge is 0.404 e. The van der Waals surface area contributed by atoms with Crippen LogP contribution in [0.25, 0.3) is 22.6 Å². The van der Waals surface area contributed by atoms with Gasteiger partial charge in [0, 0.05) is 41.5 Å². The number of carbonyl (C=O) groups is 1. The molecule has 0 aliphatic rings. The van der Waals surface area contributed by atoms with Crippen LogP contribution in [0.2, 0.25) is 0 Å². The lowest BCUT2D eigenvalue weighted by Gasteiger charge is -2.10. The highest BCUT2D eigenvalue weighted by atomic mass is 19.4. The Labute approximate surface area is 208 Å². The molecule has 0 bridgehead atoms. The van der Waals surface area contributed by atoms with Crippen LogP contribution in [0, 0.1) is 0 Å². The third-order valence-corrected chi connectivity index (χ3v) is 4.98. The molecule has 9 nitrogen and oxygen atoms in total. The Bertz CT molecular complexity index is 1480. The fourth-order valence-electron chi connectivity index (χ4n) is 3.23. The van der Waals surface area contributed by atoms with Crippen molar-refractivity contribution >= 4 is 17.3 Å². The molecule has 37 heavy (non-hydrogen) atoms. The van der Waals surface area contributed by atoms with Crippen molar-refractivity contribution in [2.24, 2.45) is 5.73 Å². The van der Waals surface area contributed by atoms with Crippen molar-refractivity contribution in [3.63, 3.8) is 0 Å². The largest absolute Gasteiger partial charge is 0.433 e. The maximum absolute atomic E-state index is 13.7. The van der Waals surface area contributed by atoms with Gasteiger partial charge in [-0.2, -0.15) is 18.3 Å². The highest BCUT2D eigenvalue weighted by Crippen LogP contribution is 2.33. The van der Waals surface area contributed by atoms with Gasteiger partial charge in [0.2, 0.25) is 0 Å². The van der Waals surface area contributed by atoms with Gasteiger partial charge >= 0.3 is 6.18 Å². The average Bonchev–Trinajstić information content (AvgIpc) is 3.37. The summed E-state index contributed by atoms with van der Waals surface area (Å²) in [5.41, 5.74) is 6.38. The molecule has 0 aromatic carbocycles. The summed E-state index contributed by atoms with van der Waals surface area (Å²) >= 11 is 0. The van der Waals surface area contributed by atoms with Crippen LogP contribution in [0.5, 0.6) is 0 Å². The zero-order valence-corrected chi connectivity index (χ0v) is 19.1. The van der Waals surface area contributed by atoms with Crippen molar-refractivity contribution in [2.45, 2.75) is 6.18 Å². The van der Waals surface area contributed by atoms with Crippen LogP contribution in [0.15, 0.2) is 92.1 Å². The number of nitrogens with two attached hydrogens (primary N) is 1. The van der Waals surface area contributed by atoms with Crippen LogP contribution in [0.4, 0.5) is 19.0 Å². The molecule has 0 radical (unpaired) electrons. The molecule has 0 aliphatic heterocycles. The van der Waals surface area contributed by atoms with E-state index in [1.165, 1.54) is 49.1 Å². The zero-order valence-electron chi connectivity index (χ0n) is 19.1. The van der Waals surface area contributed by atoms with E-state index < -0.39 is 17.8 Å².